The van der Waals surface area contributed by atoms with Crippen LogP contribution >= 0.6 is 0 Å². The normalized spacial score (nSPS) is 20.3. The van der Waals surface area contributed by atoms with E-state index in [1.165, 1.54) is 6.20 Å². The number of nitrogens with one attached hydrogen (secondary N) is 1. The lowest BCUT2D eigenvalue weighted by Gasteiger charge is -2.26. The van der Waals surface area contributed by atoms with E-state index in [0.29, 0.717) is 42.9 Å². The van der Waals surface area contributed by atoms with Gasteiger partial charge in [-0.05, 0) is 51.7 Å². The minimum Gasteiger partial charge on any atom is -0.481 e. The molecule has 0 amide bonds. The van der Waals surface area contributed by atoms with Gasteiger partial charge >= 0.3 is 5.97 Å². The van der Waals surface area contributed by atoms with Crippen LogP contribution in [0.3, 0.4) is 0 Å². The van der Waals surface area contributed by atoms with Crippen molar-refractivity contribution in [1.29, 1.82) is 0 Å². The highest BCUT2D eigenvalue weighted by Gasteiger charge is 2.26. The second-order valence-electron chi connectivity index (χ2n) is 7.41. The number of aliphatic carboxylic acids is 1. The molecule has 0 aliphatic heterocycles. The quantitative estimate of drug-likeness (QED) is 0.738. The van der Waals surface area contributed by atoms with E-state index in [9.17, 15) is 14.3 Å². The van der Waals surface area contributed by atoms with E-state index in [0.717, 1.165) is 6.20 Å². The minimum absolute atomic E-state index is 0.0586. The van der Waals surface area contributed by atoms with Gasteiger partial charge in [-0.15, -0.1) is 0 Å². The largest absolute Gasteiger partial charge is 0.481 e. The first-order chi connectivity index (χ1) is 12.7. The predicted molar refractivity (Wildman–Crippen MR) is 97.5 cm³/mol. The maximum atomic E-state index is 14.3. The fraction of sp³-hybridized carbons (Fsp3) is 0.474. The summed E-state index contributed by atoms with van der Waals surface area (Å²) in [6.07, 6.45) is 5.21. The van der Waals surface area contributed by atoms with Gasteiger partial charge in [0.25, 0.3) is 0 Å². The van der Waals surface area contributed by atoms with Gasteiger partial charge in [-0.2, -0.15) is 0 Å². The molecule has 2 heterocycles. The molecule has 8 heteroatoms. The lowest BCUT2D eigenvalue weighted by atomic mass is 9.86. The lowest BCUT2D eigenvalue weighted by Crippen LogP contribution is -2.29. The van der Waals surface area contributed by atoms with E-state index in [4.69, 9.17) is 5.11 Å². The Balaban J connectivity index is 1.78. The van der Waals surface area contributed by atoms with Crippen LogP contribution in [0.2, 0.25) is 0 Å². The van der Waals surface area contributed by atoms with Crippen LogP contribution in [0.1, 0.15) is 45.2 Å². The van der Waals surface area contributed by atoms with Gasteiger partial charge in [0.15, 0.2) is 5.82 Å². The van der Waals surface area contributed by atoms with Crippen molar-refractivity contribution in [3.63, 3.8) is 0 Å². The van der Waals surface area contributed by atoms with Crippen LogP contribution in [0.5, 0.6) is 0 Å². The summed E-state index contributed by atoms with van der Waals surface area (Å²) in [5.74, 6) is -1.33. The monoisotopic (exact) mass is 374 g/mol. The summed E-state index contributed by atoms with van der Waals surface area (Å²) in [4.78, 5) is 23.5. The van der Waals surface area contributed by atoms with Gasteiger partial charge < -0.3 is 15.5 Å². The van der Waals surface area contributed by atoms with Crippen molar-refractivity contribution in [3.8, 4) is 11.3 Å². The van der Waals surface area contributed by atoms with Crippen molar-refractivity contribution in [3.05, 3.63) is 36.0 Å². The predicted octanol–water partition coefficient (Wildman–Crippen LogP) is 2.96. The molecular formula is C19H23FN4O3. The van der Waals surface area contributed by atoms with Crippen LogP contribution in [-0.2, 0) is 10.4 Å². The number of aromatic nitrogens is 3. The zero-order chi connectivity index (χ0) is 19.6. The van der Waals surface area contributed by atoms with Crippen LogP contribution < -0.4 is 5.32 Å². The third-order valence-electron chi connectivity index (χ3n) is 4.81. The molecule has 2 aromatic rings. The van der Waals surface area contributed by atoms with E-state index in [1.807, 2.05) is 0 Å². The van der Waals surface area contributed by atoms with Crippen molar-refractivity contribution in [1.82, 2.24) is 15.0 Å². The molecule has 1 fully saturated rings. The number of hydrogen-bond donors (Lipinski definition) is 3. The Kier molecular flexibility index (Phi) is 5.36. The van der Waals surface area contributed by atoms with E-state index in [1.54, 1.807) is 26.0 Å². The summed E-state index contributed by atoms with van der Waals surface area (Å²) in [6.45, 7) is 3.21. The first-order valence-corrected chi connectivity index (χ1v) is 8.95. The van der Waals surface area contributed by atoms with E-state index in [2.05, 4.69) is 20.3 Å². The average molecular weight is 374 g/mol. The highest BCUT2D eigenvalue weighted by atomic mass is 19.1. The number of pyridine rings is 1. The molecule has 0 unspecified atom stereocenters. The lowest BCUT2D eigenvalue weighted by molar-refractivity contribution is -0.142. The number of carbonyl (C=O) groups is 1. The van der Waals surface area contributed by atoms with Gasteiger partial charge in [0.05, 0.1) is 17.8 Å². The molecular weight excluding hydrogens is 351 g/mol. The van der Waals surface area contributed by atoms with Crippen molar-refractivity contribution in [2.45, 2.75) is 51.2 Å². The molecule has 1 saturated carbocycles. The Labute approximate surface area is 156 Å². The highest BCUT2D eigenvalue weighted by Crippen LogP contribution is 2.28. The van der Waals surface area contributed by atoms with Crippen molar-refractivity contribution in [2.24, 2.45) is 5.92 Å². The van der Waals surface area contributed by atoms with E-state index >= 15 is 0 Å². The van der Waals surface area contributed by atoms with Gasteiger partial charge in [0.1, 0.15) is 11.3 Å². The number of aliphatic hydroxyl groups is 1. The summed E-state index contributed by atoms with van der Waals surface area (Å²) in [5.41, 5.74) is -0.109. The minimum atomic E-state index is -1.15. The summed E-state index contributed by atoms with van der Waals surface area (Å²) in [6, 6.07) is 3.29. The van der Waals surface area contributed by atoms with Crippen molar-refractivity contribution in [2.75, 3.05) is 5.32 Å². The molecule has 7 nitrogen and oxygen atoms in total. The number of carboxylic acid groups (broad SMARTS) is 1. The second-order valence-corrected chi connectivity index (χ2v) is 7.41. The Morgan fingerprint density at radius 2 is 1.96 bits per heavy atom. The first-order valence-electron chi connectivity index (χ1n) is 8.95. The third kappa shape index (κ3) is 4.57. The maximum Gasteiger partial charge on any atom is 0.306 e. The van der Waals surface area contributed by atoms with Crippen LogP contribution in [0.15, 0.2) is 24.5 Å². The van der Waals surface area contributed by atoms with E-state index < -0.39 is 17.4 Å². The molecule has 144 valence electrons. The molecule has 0 aromatic carbocycles. The molecule has 27 heavy (non-hydrogen) atoms. The molecule has 1 aliphatic rings. The summed E-state index contributed by atoms with van der Waals surface area (Å²) >= 11 is 0. The molecule has 0 radical (unpaired) electrons. The number of nitrogens with zero attached hydrogens (tertiary/aromatic N) is 3. The zero-order valence-electron chi connectivity index (χ0n) is 15.3. The number of anilines is 1. The Morgan fingerprint density at radius 1 is 1.26 bits per heavy atom. The number of hydrogen-bond acceptors (Lipinski definition) is 6. The van der Waals surface area contributed by atoms with E-state index in [-0.39, 0.29) is 17.7 Å². The molecule has 0 spiro atoms. The second kappa shape index (κ2) is 7.56. The van der Waals surface area contributed by atoms with Crippen LogP contribution in [0.4, 0.5) is 10.3 Å². The van der Waals surface area contributed by atoms with Gasteiger partial charge in [-0.25, -0.2) is 14.4 Å². The number of halogens is 1. The fourth-order valence-electron chi connectivity index (χ4n) is 3.22. The molecule has 3 rings (SSSR count). The van der Waals surface area contributed by atoms with Crippen molar-refractivity contribution < 1.29 is 19.4 Å². The van der Waals surface area contributed by atoms with Gasteiger partial charge in [0, 0.05) is 17.8 Å². The molecule has 2 aromatic heterocycles. The van der Waals surface area contributed by atoms with Crippen LogP contribution in [-0.4, -0.2) is 37.2 Å². The average Bonchev–Trinajstić information content (AvgIpc) is 2.63. The van der Waals surface area contributed by atoms with Crippen LogP contribution in [0.25, 0.3) is 11.3 Å². The van der Waals surface area contributed by atoms with Gasteiger partial charge in [-0.1, -0.05) is 0 Å². The Bertz CT molecular complexity index is 830. The van der Waals surface area contributed by atoms with Crippen LogP contribution in [0, 0.1) is 11.7 Å². The Hall–Kier alpha value is -2.61. The topological polar surface area (TPSA) is 108 Å². The van der Waals surface area contributed by atoms with Gasteiger partial charge in [-0.3, -0.25) is 9.78 Å². The first kappa shape index (κ1) is 19.2. The molecule has 0 saturated heterocycles. The number of rotatable bonds is 5. The zero-order valence-corrected chi connectivity index (χ0v) is 15.3. The SMILES string of the molecule is CC(C)(O)c1cc(-c2nc(NC3CCC(C(=O)O)CC3)ncc2F)ccn1. The maximum absolute atomic E-state index is 14.3. The smallest absolute Gasteiger partial charge is 0.306 e. The standard InChI is InChI=1S/C19H23FN4O3/c1-19(2,27)15-9-12(7-8-21-15)16-14(20)10-22-18(24-16)23-13-5-3-11(4-6-13)17(25)26/h7-11,13,27H,3-6H2,1-2H3,(H,25,26)(H,22,23,24). The fourth-order valence-corrected chi connectivity index (χ4v) is 3.22. The number of carboxylic acids is 1. The molecule has 0 atom stereocenters. The highest BCUT2D eigenvalue weighted by molar-refractivity contribution is 5.70. The third-order valence-corrected chi connectivity index (χ3v) is 4.81. The van der Waals surface area contributed by atoms with Gasteiger partial charge in [0.2, 0.25) is 5.95 Å². The summed E-state index contributed by atoms with van der Waals surface area (Å²) in [5, 5.41) is 22.4. The summed E-state index contributed by atoms with van der Waals surface area (Å²) in [7, 11) is 0. The Morgan fingerprint density at radius 3 is 2.59 bits per heavy atom. The molecule has 0 bridgehead atoms. The molecule has 1 aliphatic carbocycles. The van der Waals surface area contributed by atoms with Crippen molar-refractivity contribution >= 4 is 11.9 Å². The summed E-state index contributed by atoms with van der Waals surface area (Å²) < 4.78 is 14.3. The molecule has 3 N–H and O–H groups in total.